The fourth-order valence-electron chi connectivity index (χ4n) is 5.44. The summed E-state index contributed by atoms with van der Waals surface area (Å²) in [6.45, 7) is 5.15. The van der Waals surface area contributed by atoms with E-state index in [9.17, 15) is 14.7 Å². The summed E-state index contributed by atoms with van der Waals surface area (Å²) in [6, 6.07) is 24.8. The van der Waals surface area contributed by atoms with E-state index in [-0.39, 0.29) is 5.91 Å². The Morgan fingerprint density at radius 2 is 1.74 bits per heavy atom. The molecular weight excluding hydrogens is 492 g/mol. The van der Waals surface area contributed by atoms with Crippen molar-refractivity contribution in [2.45, 2.75) is 64.2 Å². The van der Waals surface area contributed by atoms with E-state index in [1.165, 1.54) is 18.4 Å². The molecule has 38 heavy (non-hydrogen) atoms. The number of amides is 1. The molecule has 0 aliphatic carbocycles. The van der Waals surface area contributed by atoms with E-state index in [0.717, 1.165) is 35.2 Å². The van der Waals surface area contributed by atoms with Gasteiger partial charge in [-0.05, 0) is 91.5 Å². The maximum absolute atomic E-state index is 13.4. The number of rotatable bonds is 11. The number of thioether (sulfide) groups is 1. The van der Waals surface area contributed by atoms with Crippen LogP contribution in [0, 0.1) is 6.92 Å². The molecule has 0 bridgehead atoms. The second-order valence-electron chi connectivity index (χ2n) is 10.3. The summed E-state index contributed by atoms with van der Waals surface area (Å²) in [5.74, 6) is -0.687. The molecule has 1 heterocycles. The van der Waals surface area contributed by atoms with Crippen LogP contribution < -0.4 is 5.32 Å². The largest absolute Gasteiger partial charge is 0.480 e. The minimum Gasteiger partial charge on any atom is -0.480 e. The summed E-state index contributed by atoms with van der Waals surface area (Å²) in [4.78, 5) is 27.8. The van der Waals surface area contributed by atoms with Crippen LogP contribution in [-0.4, -0.2) is 52.0 Å². The van der Waals surface area contributed by atoms with Gasteiger partial charge < -0.3 is 10.4 Å². The molecule has 2 N–H and O–H groups in total. The number of carbonyl (C=O) groups excluding carboxylic acids is 1. The average Bonchev–Trinajstić information content (AvgIpc) is 3.25. The van der Waals surface area contributed by atoms with Gasteiger partial charge >= 0.3 is 5.97 Å². The quantitative estimate of drug-likeness (QED) is 0.309. The Kier molecular flexibility index (Phi) is 9.64. The van der Waals surface area contributed by atoms with Gasteiger partial charge in [-0.3, -0.25) is 9.69 Å². The zero-order chi connectivity index (χ0) is 27.1. The van der Waals surface area contributed by atoms with Crippen molar-refractivity contribution in [1.29, 1.82) is 0 Å². The lowest BCUT2D eigenvalue weighted by Gasteiger charge is -2.29. The van der Waals surface area contributed by atoms with Gasteiger partial charge in [-0.15, -0.1) is 0 Å². The van der Waals surface area contributed by atoms with Crippen LogP contribution in [0.25, 0.3) is 11.1 Å². The molecule has 0 saturated carbocycles. The number of carboxylic acid groups (broad SMARTS) is 1. The minimum atomic E-state index is -1.01. The topological polar surface area (TPSA) is 69.6 Å². The van der Waals surface area contributed by atoms with Gasteiger partial charge in [-0.2, -0.15) is 11.8 Å². The number of carboxylic acids is 1. The third-order valence-electron chi connectivity index (χ3n) is 7.61. The number of likely N-dealkylation sites (tertiary alicyclic amines) is 1. The molecule has 3 aromatic carbocycles. The molecule has 1 aliphatic heterocycles. The Morgan fingerprint density at radius 3 is 2.45 bits per heavy atom. The summed E-state index contributed by atoms with van der Waals surface area (Å²) >= 11 is 1.57. The minimum absolute atomic E-state index is 0.347. The van der Waals surface area contributed by atoms with Gasteiger partial charge in [0.1, 0.15) is 6.04 Å². The van der Waals surface area contributed by atoms with Gasteiger partial charge in [0.25, 0.3) is 5.91 Å². The molecule has 1 fully saturated rings. The van der Waals surface area contributed by atoms with Crippen LogP contribution in [-0.2, 0) is 17.8 Å². The van der Waals surface area contributed by atoms with Crippen molar-refractivity contribution in [3.8, 4) is 11.1 Å². The van der Waals surface area contributed by atoms with E-state index >= 15 is 0 Å². The Morgan fingerprint density at radius 1 is 1.00 bits per heavy atom. The van der Waals surface area contributed by atoms with E-state index in [4.69, 9.17) is 0 Å². The predicted molar refractivity (Wildman–Crippen MR) is 157 cm³/mol. The second kappa shape index (κ2) is 13.1. The first-order valence-electron chi connectivity index (χ1n) is 13.4. The fraction of sp³-hybridized carbons (Fsp3) is 0.375. The van der Waals surface area contributed by atoms with Crippen LogP contribution in [0.2, 0.25) is 0 Å². The Bertz CT molecular complexity index is 1250. The van der Waals surface area contributed by atoms with E-state index in [1.807, 2.05) is 49.6 Å². The standard InChI is InChI=1S/C32H38N2O3S/c1-22-9-7-8-12-27(22)29-20-25(14-16-28(29)31(35)33-30(32(36)37)17-18-38-3)21-34-23(2)13-15-26(34)19-24-10-5-4-6-11-24/h4-12,14,16,20,23,26,30H,13,15,17-19,21H2,1-3H3,(H,33,35)(H,36,37)/t23-,26?,30?/m0/s1. The molecule has 3 aromatic rings. The number of hydrogen-bond donors (Lipinski definition) is 2. The van der Waals surface area contributed by atoms with Crippen molar-refractivity contribution in [2.75, 3.05) is 12.0 Å². The fourth-order valence-corrected chi connectivity index (χ4v) is 5.91. The van der Waals surface area contributed by atoms with Crippen molar-refractivity contribution >= 4 is 23.6 Å². The van der Waals surface area contributed by atoms with Crippen LogP contribution in [0.3, 0.4) is 0 Å². The number of nitrogens with one attached hydrogen (secondary N) is 1. The molecule has 1 aliphatic rings. The first kappa shape index (κ1) is 27.9. The molecule has 5 nitrogen and oxygen atoms in total. The summed E-state index contributed by atoms with van der Waals surface area (Å²) < 4.78 is 0. The highest BCUT2D eigenvalue weighted by molar-refractivity contribution is 7.98. The van der Waals surface area contributed by atoms with Crippen molar-refractivity contribution in [3.63, 3.8) is 0 Å². The van der Waals surface area contributed by atoms with Crippen LogP contribution in [0.15, 0.2) is 72.8 Å². The normalized spacial score (nSPS) is 18.3. The maximum atomic E-state index is 13.4. The Labute approximate surface area is 230 Å². The van der Waals surface area contributed by atoms with E-state index in [2.05, 4.69) is 53.5 Å². The number of aliphatic carboxylic acids is 1. The van der Waals surface area contributed by atoms with Crippen molar-refractivity contribution < 1.29 is 14.7 Å². The molecule has 6 heteroatoms. The summed E-state index contributed by atoms with van der Waals surface area (Å²) in [5, 5.41) is 12.4. The SMILES string of the molecule is CSCCC(NC(=O)c1ccc(CN2C(Cc3ccccc3)CC[C@@H]2C)cc1-c1ccccc1C)C(=O)O. The Hall–Kier alpha value is -3.09. The van der Waals surface area contributed by atoms with Gasteiger partial charge in [0.05, 0.1) is 0 Å². The van der Waals surface area contributed by atoms with Gasteiger partial charge in [-0.1, -0.05) is 60.7 Å². The molecule has 0 spiro atoms. The molecule has 3 atom stereocenters. The number of hydrogen-bond acceptors (Lipinski definition) is 4. The zero-order valence-corrected chi connectivity index (χ0v) is 23.3. The van der Waals surface area contributed by atoms with Gasteiger partial charge in [-0.25, -0.2) is 4.79 Å². The van der Waals surface area contributed by atoms with Crippen molar-refractivity contribution in [3.05, 3.63) is 95.1 Å². The van der Waals surface area contributed by atoms with Crippen LogP contribution in [0.1, 0.15) is 53.2 Å². The highest BCUT2D eigenvalue weighted by atomic mass is 32.2. The predicted octanol–water partition coefficient (Wildman–Crippen LogP) is 6.19. The number of benzene rings is 3. The summed E-state index contributed by atoms with van der Waals surface area (Å²) in [6.07, 6.45) is 5.70. The second-order valence-corrected chi connectivity index (χ2v) is 11.3. The van der Waals surface area contributed by atoms with E-state index in [1.54, 1.807) is 11.8 Å². The molecular formula is C32H38N2O3S. The molecule has 2 unspecified atom stereocenters. The molecule has 1 saturated heterocycles. The molecule has 0 aromatic heterocycles. The van der Waals surface area contributed by atoms with Crippen LogP contribution in [0.5, 0.6) is 0 Å². The molecule has 4 rings (SSSR count). The van der Waals surface area contributed by atoms with Crippen LogP contribution >= 0.6 is 11.8 Å². The highest BCUT2D eigenvalue weighted by Gasteiger charge is 2.31. The third kappa shape index (κ3) is 6.86. The van der Waals surface area contributed by atoms with E-state index < -0.39 is 12.0 Å². The third-order valence-corrected chi connectivity index (χ3v) is 8.25. The Balaban J connectivity index is 1.63. The van der Waals surface area contributed by atoms with Gasteiger partial charge in [0.2, 0.25) is 0 Å². The van der Waals surface area contributed by atoms with Crippen molar-refractivity contribution in [1.82, 2.24) is 10.2 Å². The lowest BCUT2D eigenvalue weighted by atomic mass is 9.93. The monoisotopic (exact) mass is 530 g/mol. The number of aryl methyl sites for hydroxylation is 1. The van der Waals surface area contributed by atoms with Crippen LogP contribution in [0.4, 0.5) is 0 Å². The summed E-state index contributed by atoms with van der Waals surface area (Å²) in [5.41, 5.74) is 5.94. The maximum Gasteiger partial charge on any atom is 0.326 e. The molecule has 200 valence electrons. The number of carbonyl (C=O) groups is 2. The molecule has 1 amide bonds. The highest BCUT2D eigenvalue weighted by Crippen LogP contribution is 2.32. The van der Waals surface area contributed by atoms with E-state index in [0.29, 0.717) is 29.8 Å². The summed E-state index contributed by atoms with van der Waals surface area (Å²) in [7, 11) is 0. The lowest BCUT2D eigenvalue weighted by Crippen LogP contribution is -2.41. The lowest BCUT2D eigenvalue weighted by molar-refractivity contribution is -0.139. The number of nitrogens with zero attached hydrogens (tertiary/aromatic N) is 1. The van der Waals surface area contributed by atoms with Gasteiger partial charge in [0, 0.05) is 24.2 Å². The smallest absolute Gasteiger partial charge is 0.326 e. The molecule has 0 radical (unpaired) electrons. The average molecular weight is 531 g/mol. The zero-order valence-electron chi connectivity index (χ0n) is 22.5. The van der Waals surface area contributed by atoms with Crippen molar-refractivity contribution in [2.24, 2.45) is 0 Å². The first-order chi connectivity index (χ1) is 18.4. The van der Waals surface area contributed by atoms with Gasteiger partial charge in [0.15, 0.2) is 0 Å². The first-order valence-corrected chi connectivity index (χ1v) is 14.8.